The molecule has 0 saturated carbocycles. The van der Waals surface area contributed by atoms with Crippen LogP contribution in [0.25, 0.3) is 0 Å². The molecule has 3 N–H and O–H groups in total. The number of hydrogen-bond acceptors (Lipinski definition) is 5. The minimum Gasteiger partial charge on any atom is -0.352 e. The third kappa shape index (κ3) is 7.38. The van der Waals surface area contributed by atoms with Crippen LogP contribution >= 0.6 is 11.6 Å². The molecule has 1 aromatic heterocycles. The minimum atomic E-state index is -3.94. The molecule has 172 valence electrons. The van der Waals surface area contributed by atoms with Crippen LogP contribution in [-0.4, -0.2) is 31.8 Å². The largest absolute Gasteiger partial charge is 0.352 e. The van der Waals surface area contributed by atoms with Crippen LogP contribution in [0.4, 0.5) is 0 Å². The molecule has 0 aliphatic rings. The first-order valence-corrected chi connectivity index (χ1v) is 12.0. The zero-order valence-electron chi connectivity index (χ0n) is 17.6. The van der Waals surface area contributed by atoms with Crippen molar-refractivity contribution in [1.29, 1.82) is 0 Å². The third-order valence-electron chi connectivity index (χ3n) is 4.67. The van der Waals surface area contributed by atoms with Crippen LogP contribution in [0, 0.1) is 0 Å². The van der Waals surface area contributed by atoms with Gasteiger partial charge in [-0.25, -0.2) is 13.1 Å². The second-order valence-corrected chi connectivity index (χ2v) is 9.24. The van der Waals surface area contributed by atoms with Crippen molar-refractivity contribution in [2.45, 2.75) is 24.4 Å². The molecule has 10 heteroatoms. The van der Waals surface area contributed by atoms with Gasteiger partial charge in [0.25, 0.3) is 5.91 Å². The van der Waals surface area contributed by atoms with Gasteiger partial charge in [-0.1, -0.05) is 41.9 Å². The molecule has 3 aromatic rings. The molecule has 3 rings (SSSR count). The molecule has 0 atom stereocenters. The van der Waals surface area contributed by atoms with Gasteiger partial charge in [0.1, 0.15) is 4.90 Å². The van der Waals surface area contributed by atoms with Crippen LogP contribution in [-0.2, 0) is 27.9 Å². The van der Waals surface area contributed by atoms with Gasteiger partial charge in [0, 0.05) is 44.0 Å². The Morgan fingerprint density at radius 3 is 2.30 bits per heavy atom. The first-order valence-electron chi connectivity index (χ1n) is 10.1. The molecule has 8 nitrogen and oxygen atoms in total. The molecule has 0 aliphatic heterocycles. The number of nitrogens with one attached hydrogen (secondary N) is 3. The molecule has 0 saturated heterocycles. The number of carbonyl (C=O) groups is 2. The fourth-order valence-corrected chi connectivity index (χ4v) is 4.43. The Morgan fingerprint density at radius 2 is 1.58 bits per heavy atom. The number of rotatable bonds is 10. The van der Waals surface area contributed by atoms with Crippen molar-refractivity contribution in [2.24, 2.45) is 0 Å². The smallest absolute Gasteiger partial charge is 0.251 e. The fourth-order valence-electron chi connectivity index (χ4n) is 2.88. The Balaban J connectivity index is 1.54. The lowest BCUT2D eigenvalue weighted by atomic mass is 10.2. The second-order valence-electron chi connectivity index (χ2n) is 7.09. The van der Waals surface area contributed by atoms with Crippen LogP contribution in [0.5, 0.6) is 0 Å². The average Bonchev–Trinajstić information content (AvgIpc) is 2.83. The summed E-state index contributed by atoms with van der Waals surface area (Å²) in [5.74, 6) is -0.732. The van der Waals surface area contributed by atoms with E-state index >= 15 is 0 Å². The molecule has 0 aliphatic carbocycles. The molecular formula is C23H23ClN4O4S. The van der Waals surface area contributed by atoms with E-state index in [-0.39, 0.29) is 40.9 Å². The number of carbonyl (C=O) groups excluding carboxylic acids is 2. The highest BCUT2D eigenvalue weighted by Crippen LogP contribution is 2.23. The van der Waals surface area contributed by atoms with Gasteiger partial charge in [-0.15, -0.1) is 0 Å². The molecule has 0 spiro atoms. The molecule has 1 heterocycles. The second kappa shape index (κ2) is 11.6. The maximum atomic E-state index is 12.7. The third-order valence-corrected chi connectivity index (χ3v) is 6.55. The SMILES string of the molecule is O=C(CCNC(=O)c1ccc(Cl)c(S(=O)(=O)NCc2ccccc2)c1)NCc1ccncc1. The van der Waals surface area contributed by atoms with Gasteiger partial charge in [0.2, 0.25) is 15.9 Å². The molecule has 0 fully saturated rings. The first kappa shape index (κ1) is 24.4. The van der Waals surface area contributed by atoms with Crippen LogP contribution in [0.3, 0.4) is 0 Å². The fraction of sp³-hybridized carbons (Fsp3) is 0.174. The highest BCUT2D eigenvalue weighted by Gasteiger charge is 2.20. The van der Waals surface area contributed by atoms with Gasteiger partial charge >= 0.3 is 0 Å². The van der Waals surface area contributed by atoms with E-state index in [1.165, 1.54) is 18.2 Å². The molecule has 0 radical (unpaired) electrons. The van der Waals surface area contributed by atoms with Crippen molar-refractivity contribution in [3.63, 3.8) is 0 Å². The molecular weight excluding hydrogens is 464 g/mol. The summed E-state index contributed by atoms with van der Waals surface area (Å²) in [5, 5.41) is 5.37. The lowest BCUT2D eigenvalue weighted by molar-refractivity contribution is -0.121. The van der Waals surface area contributed by atoms with E-state index < -0.39 is 15.9 Å². The van der Waals surface area contributed by atoms with Crippen molar-refractivity contribution >= 4 is 33.4 Å². The summed E-state index contributed by atoms with van der Waals surface area (Å²) in [7, 11) is -3.94. The van der Waals surface area contributed by atoms with E-state index in [9.17, 15) is 18.0 Å². The summed E-state index contributed by atoms with van der Waals surface area (Å²) in [4.78, 5) is 28.2. The molecule has 0 bridgehead atoms. The van der Waals surface area contributed by atoms with E-state index in [0.717, 1.165) is 11.1 Å². The van der Waals surface area contributed by atoms with Gasteiger partial charge in [0.05, 0.1) is 5.02 Å². The number of amides is 2. The van der Waals surface area contributed by atoms with E-state index in [2.05, 4.69) is 20.3 Å². The van der Waals surface area contributed by atoms with Crippen molar-refractivity contribution in [1.82, 2.24) is 20.3 Å². The number of hydrogen-bond donors (Lipinski definition) is 3. The first-order chi connectivity index (χ1) is 15.8. The van der Waals surface area contributed by atoms with Gasteiger partial charge < -0.3 is 10.6 Å². The highest BCUT2D eigenvalue weighted by atomic mass is 35.5. The van der Waals surface area contributed by atoms with Crippen molar-refractivity contribution in [3.8, 4) is 0 Å². The highest BCUT2D eigenvalue weighted by molar-refractivity contribution is 7.89. The minimum absolute atomic E-state index is 0.00241. The number of halogens is 1. The Bertz CT molecular complexity index is 1210. The van der Waals surface area contributed by atoms with Gasteiger partial charge in [-0.3, -0.25) is 14.6 Å². The summed E-state index contributed by atoms with van der Waals surface area (Å²) in [6.45, 7) is 0.548. The standard InChI is InChI=1S/C23H23ClN4O4S/c24-20-7-6-19(14-21(20)33(31,32)28-16-17-4-2-1-3-5-17)23(30)26-13-10-22(29)27-15-18-8-11-25-12-9-18/h1-9,11-12,14,28H,10,13,15-16H2,(H,26,30)(H,27,29). The van der Waals surface area contributed by atoms with Crippen molar-refractivity contribution in [3.05, 3.63) is 94.8 Å². The van der Waals surface area contributed by atoms with Crippen LogP contribution < -0.4 is 15.4 Å². The summed E-state index contributed by atoms with van der Waals surface area (Å²) in [6, 6.07) is 16.6. The van der Waals surface area contributed by atoms with Crippen LogP contribution in [0.15, 0.2) is 78.0 Å². The maximum absolute atomic E-state index is 12.7. The van der Waals surface area contributed by atoms with E-state index in [0.29, 0.717) is 6.54 Å². The monoisotopic (exact) mass is 486 g/mol. The lowest BCUT2D eigenvalue weighted by Gasteiger charge is -2.11. The zero-order chi connectivity index (χ0) is 23.7. The van der Waals surface area contributed by atoms with E-state index in [4.69, 9.17) is 11.6 Å². The predicted molar refractivity (Wildman–Crippen MR) is 125 cm³/mol. The predicted octanol–water partition coefficient (Wildman–Crippen LogP) is 2.65. The normalized spacial score (nSPS) is 11.1. The molecule has 0 unspecified atom stereocenters. The Hall–Kier alpha value is -3.27. The number of pyridine rings is 1. The van der Waals surface area contributed by atoms with Crippen LogP contribution in [0.1, 0.15) is 27.9 Å². The average molecular weight is 487 g/mol. The molecule has 2 aromatic carbocycles. The van der Waals surface area contributed by atoms with Crippen molar-refractivity contribution in [2.75, 3.05) is 6.54 Å². The number of nitrogens with zero attached hydrogens (tertiary/aromatic N) is 1. The maximum Gasteiger partial charge on any atom is 0.251 e. The number of benzene rings is 2. The number of aromatic nitrogens is 1. The Labute approximate surface area is 197 Å². The number of sulfonamides is 1. The topological polar surface area (TPSA) is 117 Å². The van der Waals surface area contributed by atoms with E-state index in [1.807, 2.05) is 6.07 Å². The summed E-state index contributed by atoms with van der Waals surface area (Å²) >= 11 is 6.09. The lowest BCUT2D eigenvalue weighted by Crippen LogP contribution is -2.30. The van der Waals surface area contributed by atoms with Crippen molar-refractivity contribution < 1.29 is 18.0 Å². The summed E-state index contributed by atoms with van der Waals surface area (Å²) < 4.78 is 27.9. The summed E-state index contributed by atoms with van der Waals surface area (Å²) in [5.41, 5.74) is 1.82. The summed E-state index contributed by atoms with van der Waals surface area (Å²) in [6.07, 6.45) is 3.35. The molecule has 2 amide bonds. The molecule has 33 heavy (non-hydrogen) atoms. The van der Waals surface area contributed by atoms with Gasteiger partial charge in [0.15, 0.2) is 0 Å². The Kier molecular flexibility index (Phi) is 8.53. The van der Waals surface area contributed by atoms with E-state index in [1.54, 1.807) is 48.8 Å². The van der Waals surface area contributed by atoms with Gasteiger partial charge in [-0.2, -0.15) is 0 Å². The van der Waals surface area contributed by atoms with Crippen LogP contribution in [0.2, 0.25) is 5.02 Å². The zero-order valence-corrected chi connectivity index (χ0v) is 19.2. The quantitative estimate of drug-likeness (QED) is 0.407. The Morgan fingerprint density at radius 1 is 0.879 bits per heavy atom. The van der Waals surface area contributed by atoms with Gasteiger partial charge in [-0.05, 0) is 41.5 Å².